The average Bonchev–Trinajstić information content (AvgIpc) is 2.27. The molecule has 0 fully saturated rings. The van der Waals surface area contributed by atoms with Crippen molar-refractivity contribution in [3.63, 3.8) is 0 Å². The summed E-state index contributed by atoms with van der Waals surface area (Å²) in [5.41, 5.74) is -1.11. The van der Waals surface area contributed by atoms with Crippen LogP contribution in [0.5, 0.6) is 0 Å². The van der Waals surface area contributed by atoms with Crippen molar-refractivity contribution in [2.75, 3.05) is 0 Å². The fourth-order valence-electron chi connectivity index (χ4n) is 1.59. The molecule has 0 atom stereocenters. The van der Waals surface area contributed by atoms with Crippen molar-refractivity contribution in [2.24, 2.45) is 0 Å². The normalized spacial score (nSPS) is 12.1. The van der Waals surface area contributed by atoms with E-state index < -0.39 is 17.3 Å². The van der Waals surface area contributed by atoms with Gasteiger partial charge >= 0.3 is 6.18 Å². The monoisotopic (exact) mass is 368 g/mol. The van der Waals surface area contributed by atoms with E-state index in [4.69, 9.17) is 0 Å². The molecule has 0 aliphatic rings. The Morgan fingerprint density at radius 3 is 2.61 bits per heavy atom. The van der Waals surface area contributed by atoms with Gasteiger partial charge in [-0.2, -0.15) is 13.2 Å². The zero-order chi connectivity index (χ0) is 13.5. The zero-order valence-corrected chi connectivity index (χ0v) is 11.4. The van der Waals surface area contributed by atoms with Gasteiger partial charge in [0, 0.05) is 9.99 Å². The Labute approximate surface area is 114 Å². The minimum atomic E-state index is -4.44. The second-order valence-corrected chi connectivity index (χ2v) is 4.88. The van der Waals surface area contributed by atoms with Gasteiger partial charge in [0.15, 0.2) is 0 Å². The van der Waals surface area contributed by atoms with E-state index in [1.807, 2.05) is 0 Å². The highest BCUT2D eigenvalue weighted by Gasteiger charge is 2.33. The van der Waals surface area contributed by atoms with E-state index in [9.17, 15) is 18.0 Å². The van der Waals surface area contributed by atoms with Crippen LogP contribution in [0.3, 0.4) is 0 Å². The van der Waals surface area contributed by atoms with Crippen LogP contribution in [0.4, 0.5) is 13.2 Å². The standard InChI is InChI=1S/C11H8F3IN2O/c1-2-9-16-8-4-6(11(12,13)14)7(15)3-5(8)10(18)17-9/h3-4H,2H2,1H3,(H,16,17,18). The van der Waals surface area contributed by atoms with E-state index in [0.29, 0.717) is 12.2 Å². The molecule has 2 aromatic rings. The van der Waals surface area contributed by atoms with E-state index in [0.717, 1.165) is 6.07 Å². The van der Waals surface area contributed by atoms with Gasteiger partial charge in [-0.1, -0.05) is 6.92 Å². The Kier molecular flexibility index (Phi) is 3.35. The molecule has 0 radical (unpaired) electrons. The molecule has 7 heteroatoms. The largest absolute Gasteiger partial charge is 0.417 e. The molecule has 96 valence electrons. The molecule has 3 nitrogen and oxygen atoms in total. The third kappa shape index (κ3) is 2.36. The van der Waals surface area contributed by atoms with Crippen LogP contribution in [0.15, 0.2) is 16.9 Å². The summed E-state index contributed by atoms with van der Waals surface area (Å²) < 4.78 is 38.2. The number of alkyl halides is 3. The number of nitrogens with zero attached hydrogens (tertiary/aromatic N) is 1. The summed E-state index contributed by atoms with van der Waals surface area (Å²) in [6.45, 7) is 1.77. The van der Waals surface area contributed by atoms with Gasteiger partial charge in [0.25, 0.3) is 5.56 Å². The summed E-state index contributed by atoms with van der Waals surface area (Å²) in [6, 6.07) is 2.13. The first-order chi connectivity index (χ1) is 8.32. The lowest BCUT2D eigenvalue weighted by Crippen LogP contribution is -2.14. The first-order valence-electron chi connectivity index (χ1n) is 5.12. The van der Waals surface area contributed by atoms with Crippen LogP contribution in [0.2, 0.25) is 0 Å². The zero-order valence-electron chi connectivity index (χ0n) is 9.23. The molecule has 0 aliphatic carbocycles. The summed E-state index contributed by atoms with van der Waals surface area (Å²) in [5, 5.41) is 0.171. The minimum Gasteiger partial charge on any atom is -0.310 e. The summed E-state index contributed by atoms with van der Waals surface area (Å²) in [4.78, 5) is 18.2. The number of hydrogen-bond acceptors (Lipinski definition) is 2. The molecule has 0 bridgehead atoms. The van der Waals surface area contributed by atoms with Crippen molar-refractivity contribution in [2.45, 2.75) is 19.5 Å². The van der Waals surface area contributed by atoms with E-state index in [1.54, 1.807) is 29.5 Å². The van der Waals surface area contributed by atoms with Gasteiger partial charge < -0.3 is 4.98 Å². The molecule has 0 aliphatic heterocycles. The smallest absolute Gasteiger partial charge is 0.310 e. The summed E-state index contributed by atoms with van der Waals surface area (Å²) in [5.74, 6) is 0.377. The lowest BCUT2D eigenvalue weighted by molar-refractivity contribution is -0.138. The third-order valence-electron chi connectivity index (χ3n) is 2.48. The Balaban J connectivity index is 2.81. The first-order valence-corrected chi connectivity index (χ1v) is 6.20. The van der Waals surface area contributed by atoms with Crippen molar-refractivity contribution in [3.05, 3.63) is 37.4 Å². The molecular weight excluding hydrogens is 360 g/mol. The van der Waals surface area contributed by atoms with E-state index >= 15 is 0 Å². The maximum Gasteiger partial charge on any atom is 0.417 e. The highest BCUT2D eigenvalue weighted by molar-refractivity contribution is 14.1. The van der Waals surface area contributed by atoms with Crippen LogP contribution in [0.25, 0.3) is 10.9 Å². The molecule has 1 N–H and O–H groups in total. The van der Waals surface area contributed by atoms with Crippen LogP contribution in [0, 0.1) is 3.57 Å². The lowest BCUT2D eigenvalue weighted by atomic mass is 10.1. The SMILES string of the molecule is CCc1nc2cc(C(F)(F)F)c(I)cc2c(=O)[nH]1. The second-order valence-electron chi connectivity index (χ2n) is 3.71. The maximum atomic E-state index is 12.7. The highest BCUT2D eigenvalue weighted by atomic mass is 127. The summed E-state index contributed by atoms with van der Waals surface area (Å²) in [7, 11) is 0. The number of fused-ring (bicyclic) bond motifs is 1. The third-order valence-corrected chi connectivity index (χ3v) is 3.38. The molecule has 1 aromatic heterocycles. The van der Waals surface area contributed by atoms with E-state index in [2.05, 4.69) is 9.97 Å². The summed E-state index contributed by atoms with van der Waals surface area (Å²) in [6.07, 6.45) is -3.99. The van der Waals surface area contributed by atoms with Gasteiger partial charge in [-0.3, -0.25) is 4.79 Å². The van der Waals surface area contributed by atoms with Crippen molar-refractivity contribution < 1.29 is 13.2 Å². The van der Waals surface area contributed by atoms with Crippen LogP contribution in [-0.2, 0) is 12.6 Å². The van der Waals surface area contributed by atoms with Crippen LogP contribution >= 0.6 is 22.6 Å². The molecule has 2 rings (SSSR count). The van der Waals surface area contributed by atoms with E-state index in [-0.39, 0.29) is 14.5 Å². The molecule has 1 heterocycles. The van der Waals surface area contributed by atoms with Gasteiger partial charge in [0.2, 0.25) is 0 Å². The topological polar surface area (TPSA) is 45.8 Å². The Bertz CT molecular complexity index is 664. The number of benzene rings is 1. The fourth-order valence-corrected chi connectivity index (χ4v) is 2.37. The van der Waals surface area contributed by atoms with Crippen LogP contribution in [-0.4, -0.2) is 9.97 Å². The molecule has 0 amide bonds. The maximum absolute atomic E-state index is 12.7. The predicted molar refractivity (Wildman–Crippen MR) is 69.5 cm³/mol. The molecule has 1 aromatic carbocycles. The number of halogens is 4. The van der Waals surface area contributed by atoms with Gasteiger partial charge in [-0.05, 0) is 34.7 Å². The van der Waals surface area contributed by atoms with Crippen molar-refractivity contribution >= 4 is 33.5 Å². The quantitative estimate of drug-likeness (QED) is 0.787. The molecule has 18 heavy (non-hydrogen) atoms. The second kappa shape index (κ2) is 4.52. The molecule has 0 unspecified atom stereocenters. The molecule has 0 spiro atoms. The lowest BCUT2D eigenvalue weighted by Gasteiger charge is -2.10. The number of H-pyrrole nitrogens is 1. The van der Waals surface area contributed by atoms with Crippen molar-refractivity contribution in [1.82, 2.24) is 9.97 Å². The molecular formula is C11H8F3IN2O. The van der Waals surface area contributed by atoms with Gasteiger partial charge in [-0.25, -0.2) is 4.98 Å². The number of nitrogens with one attached hydrogen (secondary N) is 1. The molecule has 0 saturated heterocycles. The molecule has 0 saturated carbocycles. The Hall–Kier alpha value is -1.12. The number of aryl methyl sites for hydroxylation is 1. The van der Waals surface area contributed by atoms with Crippen molar-refractivity contribution in [3.8, 4) is 0 Å². The number of rotatable bonds is 1. The van der Waals surface area contributed by atoms with Crippen LogP contribution in [0.1, 0.15) is 18.3 Å². The Morgan fingerprint density at radius 2 is 2.06 bits per heavy atom. The van der Waals surface area contributed by atoms with Crippen molar-refractivity contribution in [1.29, 1.82) is 0 Å². The van der Waals surface area contributed by atoms with Gasteiger partial charge in [0.05, 0.1) is 16.5 Å². The summed E-state index contributed by atoms with van der Waals surface area (Å²) >= 11 is 1.57. The average molecular weight is 368 g/mol. The van der Waals surface area contributed by atoms with Gasteiger partial charge in [-0.15, -0.1) is 0 Å². The number of hydrogen-bond donors (Lipinski definition) is 1. The number of aromatic amines is 1. The van der Waals surface area contributed by atoms with E-state index in [1.165, 1.54) is 6.07 Å². The highest BCUT2D eigenvalue weighted by Crippen LogP contribution is 2.34. The first kappa shape index (κ1) is 13.3. The van der Waals surface area contributed by atoms with Crippen LogP contribution < -0.4 is 5.56 Å². The van der Waals surface area contributed by atoms with Gasteiger partial charge in [0.1, 0.15) is 5.82 Å². The minimum absolute atomic E-state index is 0.0100. The predicted octanol–water partition coefficient (Wildman–Crippen LogP) is 3.11. The fraction of sp³-hybridized carbons (Fsp3) is 0.273. The Morgan fingerprint density at radius 1 is 1.39 bits per heavy atom. The number of aromatic nitrogens is 2.